The summed E-state index contributed by atoms with van der Waals surface area (Å²) in [4.78, 5) is 23.6. The van der Waals surface area contributed by atoms with Gasteiger partial charge in [0.05, 0.1) is 11.3 Å². The van der Waals surface area contributed by atoms with Crippen LogP contribution in [0.5, 0.6) is 0 Å². The van der Waals surface area contributed by atoms with E-state index in [0.29, 0.717) is 5.69 Å². The number of carboxylic acids is 1. The largest absolute Gasteiger partial charge is 0.478 e. The average molecular weight is 301 g/mol. The van der Waals surface area contributed by atoms with Crippen LogP contribution >= 0.6 is 11.8 Å². The van der Waals surface area contributed by atoms with Crippen LogP contribution in [0, 0.1) is 5.92 Å². The highest BCUT2D eigenvalue weighted by atomic mass is 32.2. The van der Waals surface area contributed by atoms with E-state index >= 15 is 0 Å². The van der Waals surface area contributed by atoms with Crippen LogP contribution in [-0.4, -0.2) is 28.5 Å². The maximum absolute atomic E-state index is 12.2. The zero-order valence-electron chi connectivity index (χ0n) is 11.3. The monoisotopic (exact) mass is 301 g/mol. The number of thioether (sulfide) groups is 1. The molecule has 2 aromatic carbocycles. The van der Waals surface area contributed by atoms with Gasteiger partial charge >= 0.3 is 5.97 Å². The van der Waals surface area contributed by atoms with Gasteiger partial charge in [-0.15, -0.1) is 0 Å². The summed E-state index contributed by atoms with van der Waals surface area (Å²) in [6.45, 7) is 0. The molecular weight excluding hydrogens is 286 g/mol. The predicted molar refractivity (Wildman–Crippen MR) is 85.0 cm³/mol. The summed E-state index contributed by atoms with van der Waals surface area (Å²) >= 11 is 1.76. The molecule has 3 rings (SSSR count). The summed E-state index contributed by atoms with van der Waals surface area (Å²) in [7, 11) is 0. The number of fused-ring (bicyclic) bond motifs is 1. The summed E-state index contributed by atoms with van der Waals surface area (Å²) in [5.41, 5.74) is 0.510. The zero-order valence-corrected chi connectivity index (χ0v) is 12.2. The molecule has 5 heteroatoms. The first-order valence-electron chi connectivity index (χ1n) is 6.80. The summed E-state index contributed by atoms with van der Waals surface area (Å²) in [6, 6.07) is 10.9. The number of benzene rings is 2. The second-order valence-electron chi connectivity index (χ2n) is 5.10. The number of carboxylic acid groups (broad SMARTS) is 1. The molecule has 0 saturated carbocycles. The highest BCUT2D eigenvalue weighted by molar-refractivity contribution is 7.99. The first kappa shape index (κ1) is 13.9. The van der Waals surface area contributed by atoms with Crippen LogP contribution in [0.1, 0.15) is 16.8 Å². The quantitative estimate of drug-likeness (QED) is 0.913. The number of rotatable bonds is 3. The first-order valence-corrected chi connectivity index (χ1v) is 7.95. The van der Waals surface area contributed by atoms with Crippen molar-refractivity contribution >= 4 is 40.1 Å². The molecule has 1 aliphatic heterocycles. The molecule has 2 aromatic rings. The SMILES string of the molecule is O=C(O)c1cc2ccccc2cc1NC(=O)C1CCSC1. The lowest BCUT2D eigenvalue weighted by molar-refractivity contribution is -0.119. The Labute approximate surface area is 126 Å². The molecule has 0 radical (unpaired) electrons. The maximum Gasteiger partial charge on any atom is 0.337 e. The molecule has 21 heavy (non-hydrogen) atoms. The van der Waals surface area contributed by atoms with Gasteiger partial charge in [-0.1, -0.05) is 24.3 Å². The van der Waals surface area contributed by atoms with E-state index in [2.05, 4.69) is 5.32 Å². The van der Waals surface area contributed by atoms with Crippen LogP contribution in [-0.2, 0) is 4.79 Å². The van der Waals surface area contributed by atoms with E-state index in [1.165, 1.54) is 0 Å². The lowest BCUT2D eigenvalue weighted by Crippen LogP contribution is -2.23. The predicted octanol–water partition coefficient (Wildman–Crippen LogP) is 3.23. The Balaban J connectivity index is 1.97. The standard InChI is InChI=1S/C16H15NO3S/c18-15(12-5-6-21-9-12)17-14-8-11-4-2-1-3-10(11)7-13(14)16(19)20/h1-4,7-8,12H,5-6,9H2,(H,17,18)(H,19,20). The molecule has 1 aliphatic rings. The van der Waals surface area contributed by atoms with Crippen molar-refractivity contribution in [1.82, 2.24) is 0 Å². The number of anilines is 1. The van der Waals surface area contributed by atoms with Gasteiger partial charge in [-0.2, -0.15) is 11.8 Å². The van der Waals surface area contributed by atoms with E-state index in [1.54, 1.807) is 23.9 Å². The summed E-state index contributed by atoms with van der Waals surface area (Å²) in [5.74, 6) is 0.654. The number of carbonyl (C=O) groups excluding carboxylic acids is 1. The topological polar surface area (TPSA) is 66.4 Å². The fourth-order valence-electron chi connectivity index (χ4n) is 2.50. The third kappa shape index (κ3) is 2.88. The molecule has 1 unspecified atom stereocenters. The van der Waals surface area contributed by atoms with Gasteiger partial charge in [-0.25, -0.2) is 4.79 Å². The lowest BCUT2D eigenvalue weighted by atomic mass is 10.0. The molecule has 1 heterocycles. The minimum absolute atomic E-state index is 0.0249. The van der Waals surface area contributed by atoms with E-state index in [9.17, 15) is 14.7 Å². The van der Waals surface area contributed by atoms with Crippen molar-refractivity contribution in [3.63, 3.8) is 0 Å². The number of carbonyl (C=O) groups is 2. The number of amides is 1. The van der Waals surface area contributed by atoms with Crippen molar-refractivity contribution in [1.29, 1.82) is 0 Å². The molecule has 0 bridgehead atoms. The minimum Gasteiger partial charge on any atom is -0.478 e. The molecule has 0 aromatic heterocycles. The van der Waals surface area contributed by atoms with Gasteiger partial charge < -0.3 is 10.4 Å². The van der Waals surface area contributed by atoms with Crippen molar-refractivity contribution in [3.05, 3.63) is 42.0 Å². The smallest absolute Gasteiger partial charge is 0.337 e. The van der Waals surface area contributed by atoms with Crippen LogP contribution < -0.4 is 5.32 Å². The highest BCUT2D eigenvalue weighted by Crippen LogP contribution is 2.28. The van der Waals surface area contributed by atoms with Crippen LogP contribution in [0.2, 0.25) is 0 Å². The third-order valence-corrected chi connectivity index (χ3v) is 4.84. The minimum atomic E-state index is -1.03. The van der Waals surface area contributed by atoms with Crippen LogP contribution in [0.15, 0.2) is 36.4 Å². The summed E-state index contributed by atoms with van der Waals surface area (Å²) in [6.07, 6.45) is 0.854. The maximum atomic E-state index is 12.2. The second-order valence-corrected chi connectivity index (χ2v) is 6.25. The molecule has 1 atom stereocenters. The van der Waals surface area contributed by atoms with Crippen molar-refractivity contribution in [2.75, 3.05) is 16.8 Å². The number of aromatic carboxylic acids is 1. The van der Waals surface area contributed by atoms with E-state index < -0.39 is 5.97 Å². The van der Waals surface area contributed by atoms with E-state index in [1.807, 2.05) is 24.3 Å². The van der Waals surface area contributed by atoms with Crippen LogP contribution in [0.3, 0.4) is 0 Å². The average Bonchev–Trinajstić information content (AvgIpc) is 3.00. The third-order valence-electron chi connectivity index (χ3n) is 3.67. The molecular formula is C16H15NO3S. The summed E-state index contributed by atoms with van der Waals surface area (Å²) < 4.78 is 0. The van der Waals surface area contributed by atoms with Gasteiger partial charge in [0.1, 0.15) is 0 Å². The second kappa shape index (κ2) is 5.77. The Hall–Kier alpha value is -2.01. The van der Waals surface area contributed by atoms with E-state index in [0.717, 1.165) is 28.7 Å². The molecule has 1 amide bonds. The fourth-order valence-corrected chi connectivity index (χ4v) is 3.72. The number of hydrogen-bond acceptors (Lipinski definition) is 3. The molecule has 108 valence electrons. The Bertz CT molecular complexity index is 708. The van der Waals surface area contributed by atoms with Crippen LogP contribution in [0.4, 0.5) is 5.69 Å². The Kier molecular flexibility index (Phi) is 3.84. The van der Waals surface area contributed by atoms with Gasteiger partial charge in [0.15, 0.2) is 0 Å². The normalized spacial score (nSPS) is 17.8. The molecule has 0 aliphatic carbocycles. The Morgan fingerprint density at radius 3 is 2.52 bits per heavy atom. The van der Waals surface area contributed by atoms with Gasteiger partial charge in [0, 0.05) is 11.7 Å². The van der Waals surface area contributed by atoms with Crippen molar-refractivity contribution < 1.29 is 14.7 Å². The van der Waals surface area contributed by atoms with Gasteiger partial charge in [-0.3, -0.25) is 4.79 Å². The molecule has 0 spiro atoms. The zero-order chi connectivity index (χ0) is 14.8. The Morgan fingerprint density at radius 1 is 1.19 bits per heavy atom. The first-order chi connectivity index (χ1) is 10.1. The molecule has 4 nitrogen and oxygen atoms in total. The van der Waals surface area contributed by atoms with Crippen molar-refractivity contribution in [2.45, 2.75) is 6.42 Å². The van der Waals surface area contributed by atoms with Gasteiger partial charge in [0.2, 0.25) is 5.91 Å². The number of nitrogens with one attached hydrogen (secondary N) is 1. The molecule has 2 N–H and O–H groups in total. The van der Waals surface area contributed by atoms with Crippen molar-refractivity contribution in [2.24, 2.45) is 5.92 Å². The lowest BCUT2D eigenvalue weighted by Gasteiger charge is -2.13. The summed E-state index contributed by atoms with van der Waals surface area (Å²) in [5, 5.41) is 13.9. The van der Waals surface area contributed by atoms with Crippen LogP contribution in [0.25, 0.3) is 10.8 Å². The number of hydrogen-bond donors (Lipinski definition) is 2. The van der Waals surface area contributed by atoms with E-state index in [4.69, 9.17) is 0 Å². The van der Waals surface area contributed by atoms with Gasteiger partial charge in [0.25, 0.3) is 0 Å². The van der Waals surface area contributed by atoms with E-state index in [-0.39, 0.29) is 17.4 Å². The fraction of sp³-hybridized carbons (Fsp3) is 0.250. The Morgan fingerprint density at radius 2 is 1.90 bits per heavy atom. The molecule has 1 fully saturated rings. The highest BCUT2D eigenvalue weighted by Gasteiger charge is 2.24. The van der Waals surface area contributed by atoms with Gasteiger partial charge in [-0.05, 0) is 35.1 Å². The molecule has 1 saturated heterocycles. The van der Waals surface area contributed by atoms with Crippen molar-refractivity contribution in [3.8, 4) is 0 Å².